The highest BCUT2D eigenvalue weighted by Gasteiger charge is 2.16. The number of amidine groups is 1. The number of hydrogen-bond donors (Lipinski definition) is 1. The monoisotopic (exact) mass is 474 g/mol. The minimum absolute atomic E-state index is 0.0490. The van der Waals surface area contributed by atoms with Crippen LogP contribution in [0.25, 0.3) is 11.1 Å². The van der Waals surface area contributed by atoms with Crippen LogP contribution in [0.4, 0.5) is 0 Å². The van der Waals surface area contributed by atoms with Gasteiger partial charge in [-0.15, -0.1) is 0 Å². The Balaban J connectivity index is 1.95. The SMILES string of the molecule is CCCCc1nc(C)nc(OCC=O)c1Cc1ccc(-c2ccccc2/C(=N/OC)NC=O)cc1. The molecular formula is C27H30N4O4. The van der Waals surface area contributed by atoms with Gasteiger partial charge in [-0.2, -0.15) is 4.98 Å². The first-order chi connectivity index (χ1) is 17.1. The summed E-state index contributed by atoms with van der Waals surface area (Å²) < 4.78 is 5.66. The molecule has 1 N–H and O–H groups in total. The number of carbonyl (C=O) groups excluding carboxylic acids is 2. The number of nitrogens with zero attached hydrogens (tertiary/aromatic N) is 3. The van der Waals surface area contributed by atoms with E-state index in [0.717, 1.165) is 59.1 Å². The molecule has 8 heteroatoms. The second-order valence-electron chi connectivity index (χ2n) is 7.89. The van der Waals surface area contributed by atoms with E-state index in [-0.39, 0.29) is 6.61 Å². The third kappa shape index (κ3) is 6.72. The molecule has 0 atom stereocenters. The molecule has 8 nitrogen and oxygen atoms in total. The number of aldehydes is 1. The highest BCUT2D eigenvalue weighted by molar-refractivity contribution is 6.08. The summed E-state index contributed by atoms with van der Waals surface area (Å²) >= 11 is 0. The maximum absolute atomic E-state index is 11.0. The highest BCUT2D eigenvalue weighted by Crippen LogP contribution is 2.28. The Morgan fingerprint density at radius 3 is 2.54 bits per heavy atom. The van der Waals surface area contributed by atoms with Gasteiger partial charge < -0.3 is 14.9 Å². The van der Waals surface area contributed by atoms with Crippen LogP contribution in [0.2, 0.25) is 0 Å². The third-order valence-electron chi connectivity index (χ3n) is 5.43. The first kappa shape index (κ1) is 25.6. The van der Waals surface area contributed by atoms with Crippen molar-refractivity contribution in [3.05, 3.63) is 76.7 Å². The van der Waals surface area contributed by atoms with Crippen molar-refractivity contribution < 1.29 is 19.2 Å². The maximum atomic E-state index is 11.0. The molecule has 0 spiro atoms. The number of unbranched alkanes of at least 4 members (excludes halogenated alkanes) is 1. The van der Waals surface area contributed by atoms with Gasteiger partial charge in [0, 0.05) is 17.5 Å². The lowest BCUT2D eigenvalue weighted by molar-refractivity contribution is -0.110. The van der Waals surface area contributed by atoms with Crippen molar-refractivity contribution in [2.75, 3.05) is 13.7 Å². The molecule has 35 heavy (non-hydrogen) atoms. The lowest BCUT2D eigenvalue weighted by Gasteiger charge is -2.15. The topological polar surface area (TPSA) is 103 Å². The van der Waals surface area contributed by atoms with Crippen LogP contribution < -0.4 is 10.1 Å². The van der Waals surface area contributed by atoms with Crippen molar-refractivity contribution >= 4 is 18.5 Å². The average Bonchev–Trinajstić information content (AvgIpc) is 2.88. The molecule has 1 heterocycles. The van der Waals surface area contributed by atoms with E-state index in [1.165, 1.54) is 7.11 Å². The fourth-order valence-electron chi connectivity index (χ4n) is 3.83. The van der Waals surface area contributed by atoms with E-state index in [9.17, 15) is 9.59 Å². The van der Waals surface area contributed by atoms with Gasteiger partial charge in [-0.1, -0.05) is 67.0 Å². The number of oxime groups is 1. The summed E-state index contributed by atoms with van der Waals surface area (Å²) in [7, 11) is 1.43. The third-order valence-corrected chi connectivity index (χ3v) is 5.43. The van der Waals surface area contributed by atoms with Crippen LogP contribution in [0.15, 0.2) is 53.7 Å². The Bertz CT molecular complexity index is 1180. The number of nitrogens with one attached hydrogen (secondary N) is 1. The number of hydrogen-bond acceptors (Lipinski definition) is 7. The minimum Gasteiger partial charge on any atom is -0.470 e. The molecule has 0 unspecified atom stereocenters. The Morgan fingerprint density at radius 2 is 1.86 bits per heavy atom. The lowest BCUT2D eigenvalue weighted by Crippen LogP contribution is -2.23. The highest BCUT2D eigenvalue weighted by atomic mass is 16.6. The molecule has 2 aromatic carbocycles. The standard InChI is InChI=1S/C27H30N4O4/c1-4-5-10-25-24(27(35-16-15-32)30-19(2)29-25)17-20-11-13-21(14-12-20)22-8-6-7-9-23(22)26(28-18-33)31-34-3/h6-9,11-15,18H,4-5,10,16-17H2,1-3H3,(H,28,31,33). The summed E-state index contributed by atoms with van der Waals surface area (Å²) in [6.45, 7) is 3.92. The van der Waals surface area contributed by atoms with Gasteiger partial charge in [-0.25, -0.2) is 4.98 Å². The largest absolute Gasteiger partial charge is 0.470 e. The van der Waals surface area contributed by atoms with E-state index < -0.39 is 0 Å². The molecule has 0 saturated heterocycles. The first-order valence-corrected chi connectivity index (χ1v) is 11.5. The van der Waals surface area contributed by atoms with E-state index in [2.05, 4.69) is 27.4 Å². The van der Waals surface area contributed by atoms with Gasteiger partial charge in [0.15, 0.2) is 12.1 Å². The first-order valence-electron chi connectivity index (χ1n) is 11.5. The molecule has 0 aliphatic carbocycles. The van der Waals surface area contributed by atoms with Crippen molar-refractivity contribution in [1.29, 1.82) is 0 Å². The molecule has 0 aliphatic rings. The van der Waals surface area contributed by atoms with Crippen molar-refractivity contribution in [2.45, 2.75) is 39.5 Å². The van der Waals surface area contributed by atoms with Crippen molar-refractivity contribution in [1.82, 2.24) is 15.3 Å². The molecule has 3 rings (SSSR count). The lowest BCUT2D eigenvalue weighted by atomic mass is 9.96. The number of ether oxygens (including phenoxy) is 1. The predicted octanol–water partition coefficient (Wildman–Crippen LogP) is 4.02. The number of carbonyl (C=O) groups is 2. The summed E-state index contributed by atoms with van der Waals surface area (Å²) in [4.78, 5) is 36.0. The van der Waals surface area contributed by atoms with Crippen LogP contribution in [-0.4, -0.2) is 42.2 Å². The van der Waals surface area contributed by atoms with E-state index in [4.69, 9.17) is 9.57 Å². The zero-order chi connectivity index (χ0) is 25.0. The molecule has 1 aromatic heterocycles. The van der Waals surface area contributed by atoms with E-state index in [0.29, 0.717) is 30.4 Å². The van der Waals surface area contributed by atoms with Crippen LogP contribution in [-0.2, 0) is 27.3 Å². The van der Waals surface area contributed by atoms with Crippen LogP contribution in [0, 0.1) is 6.92 Å². The van der Waals surface area contributed by atoms with Crippen molar-refractivity contribution in [3.63, 3.8) is 0 Å². The van der Waals surface area contributed by atoms with E-state index in [1.54, 1.807) is 0 Å². The number of aromatic nitrogens is 2. The molecule has 0 radical (unpaired) electrons. The van der Waals surface area contributed by atoms with E-state index >= 15 is 0 Å². The summed E-state index contributed by atoms with van der Waals surface area (Å²) in [6, 6.07) is 15.8. The minimum atomic E-state index is -0.0490. The van der Waals surface area contributed by atoms with Gasteiger partial charge in [-0.05, 0) is 36.5 Å². The fraction of sp³-hybridized carbons (Fsp3) is 0.296. The van der Waals surface area contributed by atoms with Gasteiger partial charge in [0.2, 0.25) is 12.3 Å². The van der Waals surface area contributed by atoms with Crippen LogP contribution in [0.3, 0.4) is 0 Å². The Morgan fingerprint density at radius 1 is 1.09 bits per heavy atom. The average molecular weight is 475 g/mol. The maximum Gasteiger partial charge on any atom is 0.220 e. The number of amides is 1. The summed E-state index contributed by atoms with van der Waals surface area (Å²) in [5, 5.41) is 6.54. The van der Waals surface area contributed by atoms with Gasteiger partial charge in [-0.3, -0.25) is 9.59 Å². The van der Waals surface area contributed by atoms with E-state index in [1.807, 2.05) is 55.5 Å². The quantitative estimate of drug-likeness (QED) is 0.184. The number of benzene rings is 2. The summed E-state index contributed by atoms with van der Waals surface area (Å²) in [5.74, 6) is 1.42. The Labute approximate surface area is 205 Å². The smallest absolute Gasteiger partial charge is 0.220 e. The molecule has 3 aromatic rings. The van der Waals surface area contributed by atoms with Crippen molar-refractivity contribution in [3.8, 4) is 17.0 Å². The Hall–Kier alpha value is -4.07. The second kappa shape index (κ2) is 13.0. The fourth-order valence-corrected chi connectivity index (χ4v) is 3.83. The normalized spacial score (nSPS) is 11.1. The number of aryl methyl sites for hydroxylation is 2. The van der Waals surface area contributed by atoms with Crippen LogP contribution >= 0.6 is 0 Å². The van der Waals surface area contributed by atoms with Gasteiger partial charge in [0.25, 0.3) is 0 Å². The Kier molecular flexibility index (Phi) is 9.48. The zero-order valence-electron chi connectivity index (χ0n) is 20.3. The molecule has 0 fully saturated rings. The summed E-state index contributed by atoms with van der Waals surface area (Å²) in [6.07, 6.45) is 4.75. The van der Waals surface area contributed by atoms with Gasteiger partial charge in [0.05, 0.1) is 5.69 Å². The van der Waals surface area contributed by atoms with Crippen molar-refractivity contribution in [2.24, 2.45) is 5.16 Å². The van der Waals surface area contributed by atoms with Gasteiger partial charge in [0.1, 0.15) is 19.5 Å². The molecule has 0 aliphatic heterocycles. The van der Waals surface area contributed by atoms with Crippen LogP contribution in [0.5, 0.6) is 5.88 Å². The molecule has 0 bridgehead atoms. The molecule has 182 valence electrons. The predicted molar refractivity (Wildman–Crippen MR) is 134 cm³/mol. The zero-order valence-corrected chi connectivity index (χ0v) is 20.3. The molecular weight excluding hydrogens is 444 g/mol. The van der Waals surface area contributed by atoms with Crippen LogP contribution in [0.1, 0.15) is 48.0 Å². The van der Waals surface area contributed by atoms with Gasteiger partial charge >= 0.3 is 0 Å². The summed E-state index contributed by atoms with van der Waals surface area (Å²) in [5.41, 5.74) is 5.53. The number of rotatable bonds is 12. The second-order valence-corrected chi connectivity index (χ2v) is 7.89. The molecule has 1 amide bonds. The molecule has 0 saturated carbocycles.